The number of hydrogen-bond donors (Lipinski definition) is 1. The molecule has 2 amide bonds. The number of thioether (sulfide) groups is 1. The number of nitrogens with one attached hydrogen (secondary N) is 1. The lowest BCUT2D eigenvalue weighted by atomic mass is 10.2. The van der Waals surface area contributed by atoms with Gasteiger partial charge in [0.1, 0.15) is 22.2 Å². The number of para-hydroxylation sites is 1. The van der Waals surface area contributed by atoms with E-state index in [0.717, 1.165) is 15.4 Å². The van der Waals surface area contributed by atoms with Gasteiger partial charge in [-0.15, -0.1) is 0 Å². The van der Waals surface area contributed by atoms with Crippen molar-refractivity contribution in [3.63, 3.8) is 0 Å². The number of rotatable bonds is 7. The van der Waals surface area contributed by atoms with Crippen LogP contribution in [0.15, 0.2) is 88.3 Å². The first-order chi connectivity index (χ1) is 15.5. The maximum absolute atomic E-state index is 14.5. The minimum absolute atomic E-state index is 0.0759. The zero-order valence-corrected chi connectivity index (χ0v) is 18.4. The number of ether oxygens (including phenoxy) is 1. The number of benzene rings is 3. The van der Waals surface area contributed by atoms with E-state index in [9.17, 15) is 14.0 Å². The number of nitrogens with zero attached hydrogens (tertiary/aromatic N) is 1. The van der Waals surface area contributed by atoms with Crippen LogP contribution in [0.1, 0.15) is 12.5 Å². The van der Waals surface area contributed by atoms with Gasteiger partial charge in [0.25, 0.3) is 11.8 Å². The molecule has 0 saturated carbocycles. The van der Waals surface area contributed by atoms with Gasteiger partial charge in [0.15, 0.2) is 0 Å². The number of imide groups is 1. The van der Waals surface area contributed by atoms with E-state index in [4.69, 9.17) is 4.74 Å². The Bertz CT molecular complexity index is 1190. The Balaban J connectivity index is 1.71. The molecule has 4 rings (SSSR count). The third kappa shape index (κ3) is 4.38. The van der Waals surface area contributed by atoms with E-state index in [1.807, 2.05) is 38.1 Å². The van der Waals surface area contributed by atoms with Crippen molar-refractivity contribution in [1.82, 2.24) is 0 Å². The molecule has 32 heavy (non-hydrogen) atoms. The summed E-state index contributed by atoms with van der Waals surface area (Å²) in [7, 11) is 0. The molecule has 3 aromatic carbocycles. The summed E-state index contributed by atoms with van der Waals surface area (Å²) in [5.74, 6) is -1.12. The predicted molar refractivity (Wildman–Crippen MR) is 124 cm³/mol. The van der Waals surface area contributed by atoms with Crippen molar-refractivity contribution in [2.75, 3.05) is 16.8 Å². The molecule has 0 radical (unpaired) electrons. The van der Waals surface area contributed by atoms with Crippen molar-refractivity contribution >= 4 is 35.0 Å². The van der Waals surface area contributed by atoms with Gasteiger partial charge in [0.2, 0.25) is 0 Å². The summed E-state index contributed by atoms with van der Waals surface area (Å²) in [4.78, 5) is 28.4. The first-order valence-electron chi connectivity index (χ1n) is 10.1. The van der Waals surface area contributed by atoms with Crippen LogP contribution in [-0.2, 0) is 9.59 Å². The molecular formula is C25H21FN2O3S. The van der Waals surface area contributed by atoms with E-state index in [0.29, 0.717) is 18.0 Å². The Labute approximate surface area is 189 Å². The first kappa shape index (κ1) is 21.6. The van der Waals surface area contributed by atoms with Crippen LogP contribution in [0.2, 0.25) is 0 Å². The number of carbonyl (C=O) groups is 2. The molecule has 1 N–H and O–H groups in total. The number of halogens is 1. The van der Waals surface area contributed by atoms with Crippen LogP contribution in [0, 0.1) is 12.7 Å². The van der Waals surface area contributed by atoms with E-state index in [1.165, 1.54) is 30.0 Å². The standard InChI is InChI=1S/C25H21FN2O3S/c1-3-31-18-12-10-17(11-13-18)27-22-23(32-19-14-8-16(2)9-15-19)25(30)28(24(22)29)21-7-5-4-6-20(21)26/h4-15,27H,3H2,1-2H3. The highest BCUT2D eigenvalue weighted by atomic mass is 32.2. The lowest BCUT2D eigenvalue weighted by Gasteiger charge is -2.16. The van der Waals surface area contributed by atoms with Gasteiger partial charge in [0.05, 0.1) is 12.3 Å². The van der Waals surface area contributed by atoms with Gasteiger partial charge in [-0.3, -0.25) is 9.59 Å². The molecule has 1 aliphatic heterocycles. The second-order valence-corrected chi connectivity index (χ2v) is 8.18. The summed E-state index contributed by atoms with van der Waals surface area (Å²) in [6.45, 7) is 4.41. The molecule has 0 spiro atoms. The number of carbonyl (C=O) groups excluding carboxylic acids is 2. The van der Waals surface area contributed by atoms with Gasteiger partial charge in [-0.2, -0.15) is 0 Å². The molecule has 3 aromatic rings. The Morgan fingerprint density at radius 3 is 2.28 bits per heavy atom. The molecule has 5 nitrogen and oxygen atoms in total. The maximum atomic E-state index is 14.5. The second kappa shape index (κ2) is 9.28. The third-order valence-electron chi connectivity index (χ3n) is 4.81. The van der Waals surface area contributed by atoms with E-state index < -0.39 is 17.6 Å². The van der Waals surface area contributed by atoms with Crippen molar-refractivity contribution in [2.45, 2.75) is 18.7 Å². The summed E-state index contributed by atoms with van der Waals surface area (Å²) in [6.07, 6.45) is 0. The maximum Gasteiger partial charge on any atom is 0.283 e. The fraction of sp³-hybridized carbons (Fsp3) is 0.120. The Hall–Kier alpha value is -3.58. The molecule has 1 aliphatic rings. The molecule has 162 valence electrons. The van der Waals surface area contributed by atoms with Crippen LogP contribution < -0.4 is 15.0 Å². The average molecular weight is 449 g/mol. The van der Waals surface area contributed by atoms with E-state index >= 15 is 0 Å². The van der Waals surface area contributed by atoms with Gasteiger partial charge in [-0.25, -0.2) is 9.29 Å². The van der Waals surface area contributed by atoms with Crippen LogP contribution in [0.5, 0.6) is 5.75 Å². The van der Waals surface area contributed by atoms with Crippen LogP contribution in [-0.4, -0.2) is 18.4 Å². The minimum atomic E-state index is -0.642. The fourth-order valence-corrected chi connectivity index (χ4v) is 4.16. The third-order valence-corrected chi connectivity index (χ3v) is 5.90. The lowest BCUT2D eigenvalue weighted by Crippen LogP contribution is -2.33. The molecule has 0 bridgehead atoms. The summed E-state index contributed by atoms with van der Waals surface area (Å²) >= 11 is 1.17. The van der Waals surface area contributed by atoms with Gasteiger partial charge in [-0.05, 0) is 62.4 Å². The molecule has 7 heteroatoms. The van der Waals surface area contributed by atoms with Gasteiger partial charge in [0, 0.05) is 10.6 Å². The quantitative estimate of drug-likeness (QED) is 0.482. The summed E-state index contributed by atoms with van der Waals surface area (Å²) in [6, 6.07) is 20.4. The Kier molecular flexibility index (Phi) is 6.28. The highest BCUT2D eigenvalue weighted by molar-refractivity contribution is 8.04. The van der Waals surface area contributed by atoms with Crippen molar-refractivity contribution in [1.29, 1.82) is 0 Å². The van der Waals surface area contributed by atoms with Crippen molar-refractivity contribution in [2.24, 2.45) is 0 Å². The number of anilines is 2. The lowest BCUT2D eigenvalue weighted by molar-refractivity contribution is -0.120. The highest BCUT2D eigenvalue weighted by Crippen LogP contribution is 2.38. The molecule has 1 heterocycles. The van der Waals surface area contributed by atoms with Crippen molar-refractivity contribution < 1.29 is 18.7 Å². The monoisotopic (exact) mass is 448 g/mol. The number of aryl methyl sites for hydroxylation is 1. The Morgan fingerprint density at radius 1 is 0.938 bits per heavy atom. The average Bonchev–Trinajstić information content (AvgIpc) is 3.01. The van der Waals surface area contributed by atoms with Crippen molar-refractivity contribution in [3.8, 4) is 5.75 Å². The molecule has 0 aromatic heterocycles. The van der Waals surface area contributed by atoms with Crippen LogP contribution >= 0.6 is 11.8 Å². The molecule has 0 saturated heterocycles. The smallest absolute Gasteiger partial charge is 0.283 e. The second-order valence-electron chi connectivity index (χ2n) is 7.10. The molecule has 0 fully saturated rings. The molecule has 0 aliphatic carbocycles. The van der Waals surface area contributed by atoms with Crippen LogP contribution in [0.4, 0.5) is 15.8 Å². The Morgan fingerprint density at radius 2 is 1.62 bits per heavy atom. The largest absolute Gasteiger partial charge is 0.494 e. The van der Waals surface area contributed by atoms with Crippen molar-refractivity contribution in [3.05, 3.63) is 94.8 Å². The topological polar surface area (TPSA) is 58.6 Å². The molecule has 0 unspecified atom stereocenters. The number of amides is 2. The van der Waals surface area contributed by atoms with E-state index in [2.05, 4.69) is 5.32 Å². The summed E-state index contributed by atoms with van der Waals surface area (Å²) in [5, 5.41) is 3.06. The zero-order valence-electron chi connectivity index (χ0n) is 17.6. The normalized spacial score (nSPS) is 13.7. The van der Waals surface area contributed by atoms with E-state index in [1.54, 1.807) is 30.3 Å². The van der Waals surface area contributed by atoms with Crippen LogP contribution in [0.25, 0.3) is 0 Å². The van der Waals surface area contributed by atoms with Gasteiger partial charge >= 0.3 is 0 Å². The fourth-order valence-electron chi connectivity index (χ4n) is 3.24. The number of hydrogen-bond acceptors (Lipinski definition) is 5. The van der Waals surface area contributed by atoms with Crippen LogP contribution in [0.3, 0.4) is 0 Å². The zero-order chi connectivity index (χ0) is 22.7. The van der Waals surface area contributed by atoms with Gasteiger partial charge in [-0.1, -0.05) is 41.6 Å². The van der Waals surface area contributed by atoms with Gasteiger partial charge < -0.3 is 10.1 Å². The molecular weight excluding hydrogens is 427 g/mol. The highest BCUT2D eigenvalue weighted by Gasteiger charge is 2.41. The molecule has 0 atom stereocenters. The predicted octanol–water partition coefficient (Wildman–Crippen LogP) is 5.52. The SMILES string of the molecule is CCOc1ccc(NC2=C(Sc3ccc(C)cc3)C(=O)N(c3ccccc3F)C2=O)cc1. The van der Waals surface area contributed by atoms with E-state index in [-0.39, 0.29) is 16.3 Å². The summed E-state index contributed by atoms with van der Waals surface area (Å²) in [5.41, 5.74) is 1.72. The summed E-state index contributed by atoms with van der Waals surface area (Å²) < 4.78 is 19.9. The minimum Gasteiger partial charge on any atom is -0.494 e. The first-order valence-corrected chi connectivity index (χ1v) is 10.9.